The minimum atomic E-state index is -0.443. The lowest BCUT2D eigenvalue weighted by Gasteiger charge is -2.12. The van der Waals surface area contributed by atoms with E-state index in [-0.39, 0.29) is 5.91 Å². The molecule has 0 bridgehead atoms. The topological polar surface area (TPSA) is 64.4 Å². The number of amides is 1. The molecule has 0 saturated heterocycles. The molecule has 1 aromatic carbocycles. The second-order valence-corrected chi connectivity index (χ2v) is 5.28. The molecule has 0 saturated carbocycles. The lowest BCUT2D eigenvalue weighted by atomic mass is 10.1. The molecular weight excluding hydrogens is 248 g/mol. The van der Waals surface area contributed by atoms with Crippen molar-refractivity contribution in [1.29, 1.82) is 0 Å². The van der Waals surface area contributed by atoms with Crippen LogP contribution in [0.3, 0.4) is 0 Å². The van der Waals surface area contributed by atoms with E-state index in [0.717, 1.165) is 35.8 Å². The van der Waals surface area contributed by atoms with Crippen LogP contribution in [0.25, 0.3) is 0 Å². The third-order valence-electron chi connectivity index (χ3n) is 2.93. The first-order valence-electron chi connectivity index (χ1n) is 6.02. The predicted molar refractivity (Wildman–Crippen MR) is 75.2 cm³/mol. The average molecular weight is 266 g/mol. The lowest BCUT2D eigenvalue weighted by Crippen LogP contribution is -2.36. The van der Waals surface area contributed by atoms with Crippen LogP contribution in [-0.4, -0.2) is 30.6 Å². The van der Waals surface area contributed by atoms with Crippen molar-refractivity contribution in [2.45, 2.75) is 18.9 Å². The van der Waals surface area contributed by atoms with Crippen LogP contribution in [0.15, 0.2) is 18.2 Å². The van der Waals surface area contributed by atoms with E-state index < -0.39 is 6.04 Å². The normalized spacial score (nSPS) is 14.8. The van der Waals surface area contributed by atoms with Crippen LogP contribution in [0.2, 0.25) is 0 Å². The summed E-state index contributed by atoms with van der Waals surface area (Å²) in [4.78, 5) is 11.8. The van der Waals surface area contributed by atoms with Gasteiger partial charge in [0.25, 0.3) is 0 Å². The lowest BCUT2D eigenvalue weighted by molar-refractivity contribution is -0.117. The molecule has 98 valence electrons. The molecule has 0 fully saturated rings. The van der Waals surface area contributed by atoms with Crippen LogP contribution >= 0.6 is 11.8 Å². The molecule has 0 aliphatic carbocycles. The molecule has 18 heavy (non-hydrogen) atoms. The Morgan fingerprint density at radius 1 is 1.61 bits per heavy atom. The van der Waals surface area contributed by atoms with Crippen LogP contribution in [-0.2, 0) is 11.2 Å². The zero-order chi connectivity index (χ0) is 13.0. The van der Waals surface area contributed by atoms with Gasteiger partial charge in [-0.3, -0.25) is 4.79 Å². The molecule has 5 heteroatoms. The van der Waals surface area contributed by atoms with Crippen LogP contribution in [0.4, 0.5) is 5.69 Å². The summed E-state index contributed by atoms with van der Waals surface area (Å²) in [7, 11) is 0. The molecule has 1 amide bonds. The quantitative estimate of drug-likeness (QED) is 0.850. The molecule has 1 atom stereocenters. The Balaban J connectivity index is 1.94. The summed E-state index contributed by atoms with van der Waals surface area (Å²) in [6, 6.07) is 5.26. The molecule has 1 heterocycles. The van der Waals surface area contributed by atoms with Gasteiger partial charge in [0.2, 0.25) is 5.91 Å². The van der Waals surface area contributed by atoms with Crippen molar-refractivity contribution >= 4 is 23.4 Å². The zero-order valence-corrected chi connectivity index (χ0v) is 11.3. The van der Waals surface area contributed by atoms with Gasteiger partial charge in [-0.2, -0.15) is 11.8 Å². The summed E-state index contributed by atoms with van der Waals surface area (Å²) < 4.78 is 5.42. The second kappa shape index (κ2) is 6.11. The Bertz CT molecular complexity index is 437. The number of rotatable bonds is 5. The summed E-state index contributed by atoms with van der Waals surface area (Å²) in [5, 5.41) is 2.85. The highest BCUT2D eigenvalue weighted by atomic mass is 32.2. The molecule has 4 nitrogen and oxygen atoms in total. The Morgan fingerprint density at radius 3 is 3.22 bits per heavy atom. The number of hydrogen-bond donors (Lipinski definition) is 2. The fourth-order valence-corrected chi connectivity index (χ4v) is 2.36. The number of nitrogens with one attached hydrogen (secondary N) is 1. The van der Waals surface area contributed by atoms with E-state index in [9.17, 15) is 4.79 Å². The smallest absolute Gasteiger partial charge is 0.241 e. The summed E-state index contributed by atoms with van der Waals surface area (Å²) in [5.41, 5.74) is 7.75. The maximum Gasteiger partial charge on any atom is 0.241 e. The number of carbonyl (C=O) groups is 1. The Morgan fingerprint density at radius 2 is 2.44 bits per heavy atom. The standard InChI is InChI=1S/C13H18N2O2S/c1-18-7-5-11(14)13(16)15-10-2-3-12-9(8-10)4-6-17-12/h2-3,8,11H,4-7,14H2,1H3,(H,15,16)/t11-/m1/s1. The van der Waals surface area contributed by atoms with Gasteiger partial charge < -0.3 is 15.8 Å². The van der Waals surface area contributed by atoms with Crippen molar-refractivity contribution in [2.24, 2.45) is 5.73 Å². The highest BCUT2D eigenvalue weighted by Crippen LogP contribution is 2.27. The molecule has 1 aliphatic heterocycles. The van der Waals surface area contributed by atoms with Crippen LogP contribution in [0, 0.1) is 0 Å². The minimum absolute atomic E-state index is 0.122. The second-order valence-electron chi connectivity index (χ2n) is 4.30. The Hall–Kier alpha value is -1.20. The molecule has 3 N–H and O–H groups in total. The number of fused-ring (bicyclic) bond motifs is 1. The molecule has 0 unspecified atom stereocenters. The fourth-order valence-electron chi connectivity index (χ4n) is 1.88. The van der Waals surface area contributed by atoms with Gasteiger partial charge >= 0.3 is 0 Å². The van der Waals surface area contributed by atoms with Crippen molar-refractivity contribution in [3.63, 3.8) is 0 Å². The van der Waals surface area contributed by atoms with E-state index in [2.05, 4.69) is 5.32 Å². The molecule has 0 spiro atoms. The maximum absolute atomic E-state index is 11.8. The van der Waals surface area contributed by atoms with Crippen molar-refractivity contribution < 1.29 is 9.53 Å². The number of ether oxygens (including phenoxy) is 1. The molecule has 1 aromatic rings. The fraction of sp³-hybridized carbons (Fsp3) is 0.462. The number of anilines is 1. The first-order valence-corrected chi connectivity index (χ1v) is 7.41. The number of carbonyl (C=O) groups excluding carboxylic acids is 1. The van der Waals surface area contributed by atoms with Crippen LogP contribution in [0.1, 0.15) is 12.0 Å². The van der Waals surface area contributed by atoms with E-state index in [0.29, 0.717) is 6.42 Å². The van der Waals surface area contributed by atoms with Gasteiger partial charge in [-0.15, -0.1) is 0 Å². The molecular formula is C13H18N2O2S. The molecule has 0 radical (unpaired) electrons. The van der Waals surface area contributed by atoms with Gasteiger partial charge in [-0.05, 0) is 42.2 Å². The maximum atomic E-state index is 11.8. The van der Waals surface area contributed by atoms with Gasteiger partial charge in [0, 0.05) is 12.1 Å². The van der Waals surface area contributed by atoms with Gasteiger partial charge in [0.05, 0.1) is 12.6 Å². The van der Waals surface area contributed by atoms with Crippen molar-refractivity contribution in [2.75, 3.05) is 23.9 Å². The highest BCUT2D eigenvalue weighted by molar-refractivity contribution is 7.98. The Kier molecular flexibility index (Phi) is 4.49. The number of benzene rings is 1. The number of hydrogen-bond acceptors (Lipinski definition) is 4. The van der Waals surface area contributed by atoms with E-state index in [1.165, 1.54) is 0 Å². The number of thioether (sulfide) groups is 1. The van der Waals surface area contributed by atoms with E-state index in [1.807, 2.05) is 24.5 Å². The van der Waals surface area contributed by atoms with E-state index in [4.69, 9.17) is 10.5 Å². The van der Waals surface area contributed by atoms with Crippen molar-refractivity contribution in [3.8, 4) is 5.75 Å². The molecule has 0 aromatic heterocycles. The van der Waals surface area contributed by atoms with Crippen LogP contribution in [0.5, 0.6) is 5.75 Å². The zero-order valence-electron chi connectivity index (χ0n) is 10.4. The summed E-state index contributed by atoms with van der Waals surface area (Å²) in [6.07, 6.45) is 3.60. The van der Waals surface area contributed by atoms with Crippen molar-refractivity contribution in [3.05, 3.63) is 23.8 Å². The summed E-state index contributed by atoms with van der Waals surface area (Å²) in [5.74, 6) is 1.69. The SMILES string of the molecule is CSCC[C@@H](N)C(=O)Nc1ccc2c(c1)CCO2. The number of nitrogens with two attached hydrogens (primary N) is 1. The van der Waals surface area contributed by atoms with E-state index in [1.54, 1.807) is 11.8 Å². The first kappa shape index (κ1) is 13.2. The van der Waals surface area contributed by atoms with E-state index >= 15 is 0 Å². The van der Waals surface area contributed by atoms with Gasteiger partial charge in [0.1, 0.15) is 5.75 Å². The largest absolute Gasteiger partial charge is 0.493 e. The predicted octanol–water partition coefficient (Wildman–Crippen LogP) is 1.64. The van der Waals surface area contributed by atoms with Crippen molar-refractivity contribution in [1.82, 2.24) is 0 Å². The summed E-state index contributed by atoms with van der Waals surface area (Å²) in [6.45, 7) is 0.722. The minimum Gasteiger partial charge on any atom is -0.493 e. The Labute approximate surface area is 111 Å². The molecule has 2 rings (SSSR count). The molecule has 1 aliphatic rings. The third kappa shape index (κ3) is 3.17. The summed E-state index contributed by atoms with van der Waals surface area (Å²) >= 11 is 1.69. The first-order chi connectivity index (χ1) is 8.70. The van der Waals surface area contributed by atoms with Crippen LogP contribution < -0.4 is 15.8 Å². The van der Waals surface area contributed by atoms with Gasteiger partial charge in [0.15, 0.2) is 0 Å². The van der Waals surface area contributed by atoms with Gasteiger partial charge in [-0.25, -0.2) is 0 Å². The monoisotopic (exact) mass is 266 g/mol. The van der Waals surface area contributed by atoms with Gasteiger partial charge in [-0.1, -0.05) is 0 Å². The average Bonchev–Trinajstić information content (AvgIpc) is 2.83. The highest BCUT2D eigenvalue weighted by Gasteiger charge is 2.15. The third-order valence-corrected chi connectivity index (χ3v) is 3.57.